The molecule has 1 aromatic heterocycles. The summed E-state index contributed by atoms with van der Waals surface area (Å²) in [6, 6.07) is 23.7. The zero-order valence-electron chi connectivity index (χ0n) is 31.9. The van der Waals surface area contributed by atoms with E-state index in [9.17, 15) is 0 Å². The molecule has 4 aliphatic carbocycles. The van der Waals surface area contributed by atoms with Crippen molar-refractivity contribution in [2.45, 2.75) is 130 Å². The van der Waals surface area contributed by atoms with Crippen LogP contribution in [0.15, 0.2) is 72.9 Å². The zero-order valence-corrected chi connectivity index (χ0v) is 34.4. The summed E-state index contributed by atoms with van der Waals surface area (Å²) in [6.45, 7) is 17.1. The van der Waals surface area contributed by atoms with Gasteiger partial charge >= 0.3 is 6.86 Å². The van der Waals surface area contributed by atoms with Gasteiger partial charge < -0.3 is 4.98 Å². The molecular weight excluding hydrogens is 669 g/mol. The Bertz CT molecular complexity index is 1680. The molecule has 1 heterocycles. The number of aryl methyl sites for hydroxylation is 1. The second kappa shape index (κ2) is 14.9. The smallest absolute Gasteiger partial charge is 0.309 e. The fourth-order valence-corrected chi connectivity index (χ4v) is 13.5. The van der Waals surface area contributed by atoms with Gasteiger partial charge in [0.15, 0.2) is 0 Å². The first kappa shape index (κ1) is 37.4. The number of nitrogens with one attached hydrogen (secondary N) is 1. The Morgan fingerprint density at radius 3 is 1.52 bits per heavy atom. The summed E-state index contributed by atoms with van der Waals surface area (Å²) in [7, 11) is 0. The summed E-state index contributed by atoms with van der Waals surface area (Å²) in [6.07, 6.45) is 13.9. The second-order valence-electron chi connectivity index (χ2n) is 17.1. The minimum atomic E-state index is -3.20. The number of para-hydroxylation sites is 2. The standard InChI is InChI=1S/C37H51Cl2N3Si.C7H8/c1-23(2)30-11-9-12-31(24(3)4)35(30)41-21-34(42(22-41)36-32(25(5)6)13-10-14-33(36)26(7)8)43(38,39)40-37-18-27-15-28(19-37)17-29(16-27)20-37;1-7-5-3-2-4-6-7/h9-14,21,23-29,40H,15-20H2,1-8H3;2-6H,1H3. The van der Waals surface area contributed by atoms with Gasteiger partial charge in [-0.25, -0.2) is 0 Å². The number of halogens is 2. The van der Waals surface area contributed by atoms with Crippen molar-refractivity contribution in [3.63, 3.8) is 0 Å². The predicted molar refractivity (Wildman–Crippen MR) is 215 cm³/mol. The van der Waals surface area contributed by atoms with Crippen molar-refractivity contribution in [3.05, 3.63) is 107 Å². The van der Waals surface area contributed by atoms with Gasteiger partial charge in [0.1, 0.15) is 0 Å². The van der Waals surface area contributed by atoms with Gasteiger partial charge in [-0.05, 0) is 109 Å². The highest BCUT2D eigenvalue weighted by atomic mass is 35.7. The Labute approximate surface area is 313 Å². The molecule has 50 heavy (non-hydrogen) atoms. The Kier molecular flexibility index (Phi) is 11.2. The van der Waals surface area contributed by atoms with Crippen LogP contribution < -0.4 is 14.9 Å². The van der Waals surface area contributed by atoms with E-state index >= 15 is 0 Å². The molecule has 0 saturated heterocycles. The van der Waals surface area contributed by atoms with E-state index < -0.39 is 6.86 Å². The van der Waals surface area contributed by atoms with E-state index in [-0.39, 0.29) is 5.54 Å². The topological polar surface area (TPSA) is 20.8 Å². The first-order valence-corrected chi connectivity index (χ1v) is 23.2. The molecule has 3 nitrogen and oxygen atoms in total. The Balaban J connectivity index is 0.000000552. The molecule has 0 spiro atoms. The minimum absolute atomic E-state index is 0.0573. The lowest BCUT2D eigenvalue weighted by atomic mass is 9.53. The van der Waals surface area contributed by atoms with Crippen molar-refractivity contribution in [3.8, 4) is 11.4 Å². The van der Waals surface area contributed by atoms with Crippen LogP contribution in [0, 0.1) is 31.0 Å². The van der Waals surface area contributed by atoms with Gasteiger partial charge in [-0.15, -0.1) is 22.2 Å². The van der Waals surface area contributed by atoms with E-state index in [0.29, 0.717) is 23.7 Å². The minimum Gasteiger partial charge on any atom is -0.309 e. The molecule has 0 radical (unpaired) electrons. The Morgan fingerprint density at radius 1 is 0.680 bits per heavy atom. The Hall–Kier alpha value is -2.37. The van der Waals surface area contributed by atoms with Gasteiger partial charge in [0.25, 0.3) is 6.33 Å². The molecular formula is C44H59Cl2N3Si. The fraction of sp³-hybridized carbons (Fsp3) is 0.523. The third kappa shape index (κ3) is 7.70. The number of rotatable bonds is 9. The molecule has 0 amide bonds. The average Bonchev–Trinajstić information content (AvgIpc) is 3.49. The summed E-state index contributed by atoms with van der Waals surface area (Å²) < 4.78 is 4.50. The molecule has 8 rings (SSSR count). The molecule has 4 aromatic rings. The van der Waals surface area contributed by atoms with Crippen molar-refractivity contribution >= 4 is 34.3 Å². The molecule has 4 fully saturated rings. The van der Waals surface area contributed by atoms with Crippen molar-refractivity contribution in [2.75, 3.05) is 0 Å². The van der Waals surface area contributed by atoms with E-state index in [2.05, 4.69) is 137 Å². The molecule has 4 saturated carbocycles. The van der Waals surface area contributed by atoms with Gasteiger partial charge in [-0.1, -0.05) is 128 Å². The number of benzene rings is 3. The van der Waals surface area contributed by atoms with Crippen molar-refractivity contribution < 1.29 is 4.57 Å². The zero-order chi connectivity index (χ0) is 36.0. The molecule has 4 aliphatic rings. The van der Waals surface area contributed by atoms with E-state index in [1.54, 1.807) is 0 Å². The maximum Gasteiger partial charge on any atom is 0.350 e. The molecule has 0 unspecified atom stereocenters. The van der Waals surface area contributed by atoms with Gasteiger partial charge in [-0.2, -0.15) is 0 Å². The van der Waals surface area contributed by atoms with Gasteiger partial charge in [-0.3, -0.25) is 9.13 Å². The average molecular weight is 729 g/mol. The van der Waals surface area contributed by atoms with Crippen molar-refractivity contribution in [2.24, 2.45) is 17.8 Å². The largest absolute Gasteiger partial charge is 0.350 e. The third-order valence-corrected chi connectivity index (χ3v) is 15.1. The van der Waals surface area contributed by atoms with Crippen LogP contribution in [-0.2, 0) is 0 Å². The maximum atomic E-state index is 7.76. The van der Waals surface area contributed by atoms with Crippen LogP contribution in [0.25, 0.3) is 11.4 Å². The lowest BCUT2D eigenvalue weighted by Gasteiger charge is -2.58. The van der Waals surface area contributed by atoms with Crippen LogP contribution in [0.4, 0.5) is 0 Å². The number of imidazole rings is 1. The molecule has 1 N–H and O–H groups in total. The molecule has 268 valence electrons. The van der Waals surface area contributed by atoms with Crippen molar-refractivity contribution in [1.29, 1.82) is 0 Å². The number of hydrogen-bond acceptors (Lipinski definition) is 1. The van der Waals surface area contributed by atoms with E-state index in [1.807, 2.05) is 18.2 Å². The summed E-state index contributed by atoms with van der Waals surface area (Å²) in [5.74, 6) is 3.89. The summed E-state index contributed by atoms with van der Waals surface area (Å²) >= 11 is 15.5. The highest BCUT2D eigenvalue weighted by Crippen LogP contribution is 2.56. The first-order chi connectivity index (χ1) is 23.7. The summed E-state index contributed by atoms with van der Waals surface area (Å²) in [5.41, 5.74) is 9.05. The first-order valence-electron chi connectivity index (χ1n) is 19.2. The summed E-state index contributed by atoms with van der Waals surface area (Å²) in [4.78, 5) is 4.08. The molecule has 0 aliphatic heterocycles. The van der Waals surface area contributed by atoms with E-state index in [0.717, 1.165) is 23.1 Å². The maximum absolute atomic E-state index is 7.76. The lowest BCUT2D eigenvalue weighted by molar-refractivity contribution is -0.582. The van der Waals surface area contributed by atoms with Crippen LogP contribution >= 0.6 is 22.2 Å². The predicted octanol–water partition coefficient (Wildman–Crippen LogP) is 11.2. The monoisotopic (exact) mass is 727 g/mol. The van der Waals surface area contributed by atoms with Crippen LogP contribution in [0.3, 0.4) is 0 Å². The molecule has 4 bridgehead atoms. The number of nitrogens with zero attached hydrogens (tertiary/aromatic N) is 2. The van der Waals surface area contributed by atoms with Gasteiger partial charge in [0.2, 0.25) is 0 Å². The molecule has 0 atom stereocenters. The normalized spacial score (nSPS) is 22.9. The van der Waals surface area contributed by atoms with Crippen LogP contribution in [0.2, 0.25) is 0 Å². The van der Waals surface area contributed by atoms with Crippen LogP contribution in [0.1, 0.15) is 145 Å². The number of aromatic nitrogens is 2. The SMILES string of the molecule is CC(C)c1cccc(C(C)C)c1-n1[c-][n+](-c2c(C(C)C)cccc2C(C)C)c([Si](Cl)(Cl)NC23CC4CC(CC(C4)C2)C3)c1.Cc1ccccc1. The molecule has 3 aromatic carbocycles. The van der Waals surface area contributed by atoms with E-state index in [1.165, 1.54) is 77.7 Å². The third-order valence-electron chi connectivity index (χ3n) is 11.6. The second-order valence-corrected chi connectivity index (χ2v) is 23.0. The fourth-order valence-electron chi connectivity index (χ4n) is 9.63. The van der Waals surface area contributed by atoms with Gasteiger partial charge in [0.05, 0.1) is 16.7 Å². The van der Waals surface area contributed by atoms with Crippen molar-refractivity contribution in [1.82, 2.24) is 9.55 Å². The van der Waals surface area contributed by atoms with Gasteiger partial charge in [0, 0.05) is 11.7 Å². The van der Waals surface area contributed by atoms with Crippen LogP contribution in [-0.4, -0.2) is 17.0 Å². The summed E-state index contributed by atoms with van der Waals surface area (Å²) in [5, 5.41) is 0.981. The highest BCUT2D eigenvalue weighted by Gasteiger charge is 2.54. The van der Waals surface area contributed by atoms with Crippen LogP contribution in [0.5, 0.6) is 0 Å². The lowest BCUT2D eigenvalue weighted by Crippen LogP contribution is -2.71. The highest BCUT2D eigenvalue weighted by molar-refractivity contribution is 7.49. The van der Waals surface area contributed by atoms with E-state index in [4.69, 9.17) is 22.2 Å². The molecule has 6 heteroatoms. The number of hydrogen-bond donors (Lipinski definition) is 1. The Morgan fingerprint density at radius 2 is 1.12 bits per heavy atom. The quantitative estimate of drug-likeness (QED) is 0.0788.